The highest BCUT2D eigenvalue weighted by Crippen LogP contribution is 2.22. The molecule has 8 heteroatoms. The van der Waals surface area contributed by atoms with Gasteiger partial charge in [-0.3, -0.25) is 4.79 Å². The molecule has 2 heterocycles. The summed E-state index contributed by atoms with van der Waals surface area (Å²) in [7, 11) is 1.60. The van der Waals surface area contributed by atoms with Crippen molar-refractivity contribution in [2.45, 2.75) is 19.4 Å². The van der Waals surface area contributed by atoms with Gasteiger partial charge in [0, 0.05) is 25.4 Å². The van der Waals surface area contributed by atoms with Gasteiger partial charge in [0.25, 0.3) is 5.91 Å². The van der Waals surface area contributed by atoms with E-state index in [9.17, 15) is 4.79 Å². The van der Waals surface area contributed by atoms with Crippen LogP contribution < -0.4 is 22.1 Å². The lowest BCUT2D eigenvalue weighted by atomic mass is 10.2. The number of aryl methyl sites for hydroxylation is 1. The molecule has 25 heavy (non-hydrogen) atoms. The number of anilines is 3. The first-order valence-corrected chi connectivity index (χ1v) is 8.04. The fourth-order valence-electron chi connectivity index (χ4n) is 2.26. The molecule has 6 N–H and O–H groups in total. The third-order valence-electron chi connectivity index (χ3n) is 3.50. The molecular formula is C17H24N6O2. The lowest BCUT2D eigenvalue weighted by molar-refractivity contribution is 0.0996. The van der Waals surface area contributed by atoms with E-state index >= 15 is 0 Å². The van der Waals surface area contributed by atoms with Gasteiger partial charge >= 0.3 is 0 Å². The summed E-state index contributed by atoms with van der Waals surface area (Å²) in [4.78, 5) is 20.2. The summed E-state index contributed by atoms with van der Waals surface area (Å²) in [6.07, 6.45) is 2.36. The van der Waals surface area contributed by atoms with Crippen molar-refractivity contribution in [3.63, 3.8) is 0 Å². The van der Waals surface area contributed by atoms with Crippen LogP contribution in [0.3, 0.4) is 0 Å². The summed E-state index contributed by atoms with van der Waals surface area (Å²) in [5, 5.41) is 6.28. The average Bonchev–Trinajstić information content (AvgIpc) is 2.60. The maximum Gasteiger partial charge on any atom is 0.269 e. The molecule has 0 aliphatic rings. The van der Waals surface area contributed by atoms with Gasteiger partial charge in [-0.05, 0) is 24.6 Å². The van der Waals surface area contributed by atoms with Crippen LogP contribution >= 0.6 is 0 Å². The SMILES string of the molecule is CCc1cccc(Nc2cc(NCC(N)COC)cnc2C(N)=O)n1. The summed E-state index contributed by atoms with van der Waals surface area (Å²) in [5.41, 5.74) is 13.6. The summed E-state index contributed by atoms with van der Waals surface area (Å²) < 4.78 is 5.00. The zero-order valence-electron chi connectivity index (χ0n) is 14.5. The van der Waals surface area contributed by atoms with E-state index in [0.717, 1.165) is 12.1 Å². The highest BCUT2D eigenvalue weighted by atomic mass is 16.5. The molecule has 0 saturated carbocycles. The molecule has 134 valence electrons. The number of rotatable bonds is 9. The Morgan fingerprint density at radius 1 is 1.40 bits per heavy atom. The first kappa shape index (κ1) is 18.6. The van der Waals surface area contributed by atoms with Gasteiger partial charge in [0.1, 0.15) is 5.82 Å². The van der Waals surface area contributed by atoms with E-state index in [2.05, 4.69) is 20.6 Å². The summed E-state index contributed by atoms with van der Waals surface area (Å²) in [5.74, 6) is 0.00802. The normalized spacial score (nSPS) is 11.8. The minimum Gasteiger partial charge on any atom is -0.383 e. The third-order valence-corrected chi connectivity index (χ3v) is 3.50. The largest absolute Gasteiger partial charge is 0.383 e. The van der Waals surface area contributed by atoms with Gasteiger partial charge in [0.05, 0.1) is 24.2 Å². The number of hydrogen-bond acceptors (Lipinski definition) is 7. The number of carbonyl (C=O) groups excluding carboxylic acids is 1. The van der Waals surface area contributed by atoms with Crippen LogP contribution in [0.2, 0.25) is 0 Å². The van der Waals surface area contributed by atoms with Crippen molar-refractivity contribution in [3.05, 3.63) is 41.9 Å². The van der Waals surface area contributed by atoms with Crippen LogP contribution in [-0.2, 0) is 11.2 Å². The number of nitrogens with zero attached hydrogens (tertiary/aromatic N) is 2. The second-order valence-electron chi connectivity index (χ2n) is 5.57. The van der Waals surface area contributed by atoms with E-state index < -0.39 is 5.91 Å². The van der Waals surface area contributed by atoms with Crippen LogP contribution in [-0.4, -0.2) is 42.2 Å². The monoisotopic (exact) mass is 344 g/mol. The number of pyridine rings is 2. The molecule has 0 aliphatic heterocycles. The summed E-state index contributed by atoms with van der Waals surface area (Å²) in [6.45, 7) is 2.98. The van der Waals surface area contributed by atoms with E-state index in [1.165, 1.54) is 0 Å². The fraction of sp³-hybridized carbons (Fsp3) is 0.353. The minimum atomic E-state index is -0.614. The second-order valence-corrected chi connectivity index (χ2v) is 5.57. The Morgan fingerprint density at radius 3 is 2.88 bits per heavy atom. The smallest absolute Gasteiger partial charge is 0.269 e. The average molecular weight is 344 g/mol. The van der Waals surface area contributed by atoms with E-state index in [-0.39, 0.29) is 11.7 Å². The van der Waals surface area contributed by atoms with Crippen LogP contribution in [0, 0.1) is 0 Å². The van der Waals surface area contributed by atoms with Crippen LogP contribution in [0.1, 0.15) is 23.1 Å². The standard InChI is InChI=1S/C17H24N6O2/c1-3-12-5-4-6-15(22-12)23-14-7-13(9-21-16(14)17(19)24)20-8-11(18)10-25-2/h4-7,9,11,20H,3,8,10,18H2,1-2H3,(H2,19,24)(H,22,23). The fourth-order valence-corrected chi connectivity index (χ4v) is 2.26. The van der Waals surface area contributed by atoms with Crippen LogP contribution in [0.4, 0.5) is 17.2 Å². The van der Waals surface area contributed by atoms with Crippen LogP contribution in [0.25, 0.3) is 0 Å². The zero-order valence-corrected chi connectivity index (χ0v) is 14.5. The third kappa shape index (κ3) is 5.40. The zero-order chi connectivity index (χ0) is 18.2. The minimum absolute atomic E-state index is 0.149. The molecule has 1 unspecified atom stereocenters. The number of hydrogen-bond donors (Lipinski definition) is 4. The highest BCUT2D eigenvalue weighted by molar-refractivity contribution is 5.97. The molecule has 0 bridgehead atoms. The van der Waals surface area contributed by atoms with Gasteiger partial charge in [-0.15, -0.1) is 0 Å². The molecule has 1 atom stereocenters. The Kier molecular flexibility index (Phi) is 6.67. The van der Waals surface area contributed by atoms with Crippen molar-refractivity contribution in [1.29, 1.82) is 0 Å². The quantitative estimate of drug-likeness (QED) is 0.539. The van der Waals surface area contributed by atoms with E-state index in [0.29, 0.717) is 30.3 Å². The number of methoxy groups -OCH3 is 1. The molecular weight excluding hydrogens is 320 g/mol. The Balaban J connectivity index is 2.21. The van der Waals surface area contributed by atoms with Crippen molar-refractivity contribution in [3.8, 4) is 0 Å². The Morgan fingerprint density at radius 2 is 2.20 bits per heavy atom. The van der Waals surface area contributed by atoms with Gasteiger partial charge in [-0.25, -0.2) is 9.97 Å². The van der Waals surface area contributed by atoms with Gasteiger partial charge in [0.15, 0.2) is 5.69 Å². The first-order chi connectivity index (χ1) is 12.0. The molecule has 2 aromatic heterocycles. The number of nitrogens with one attached hydrogen (secondary N) is 2. The Bertz CT molecular complexity index is 722. The molecule has 2 aromatic rings. The van der Waals surface area contributed by atoms with E-state index in [1.807, 2.05) is 25.1 Å². The molecule has 0 aliphatic carbocycles. The van der Waals surface area contributed by atoms with Crippen molar-refractivity contribution in [1.82, 2.24) is 9.97 Å². The maximum absolute atomic E-state index is 11.6. The van der Waals surface area contributed by atoms with E-state index in [4.69, 9.17) is 16.2 Å². The van der Waals surface area contributed by atoms with Gasteiger partial charge in [0.2, 0.25) is 0 Å². The predicted octanol–water partition coefficient (Wildman–Crippen LogP) is 1.27. The Hall–Kier alpha value is -2.71. The highest BCUT2D eigenvalue weighted by Gasteiger charge is 2.12. The van der Waals surface area contributed by atoms with Crippen LogP contribution in [0.5, 0.6) is 0 Å². The molecule has 2 rings (SSSR count). The number of nitrogens with two attached hydrogens (primary N) is 2. The number of aromatic nitrogens is 2. The molecule has 8 nitrogen and oxygen atoms in total. The summed E-state index contributed by atoms with van der Waals surface area (Å²) >= 11 is 0. The summed E-state index contributed by atoms with van der Waals surface area (Å²) in [6, 6.07) is 7.26. The number of carbonyl (C=O) groups is 1. The first-order valence-electron chi connectivity index (χ1n) is 8.04. The van der Waals surface area contributed by atoms with Crippen molar-refractivity contribution < 1.29 is 9.53 Å². The molecule has 1 amide bonds. The molecule has 0 saturated heterocycles. The topological polar surface area (TPSA) is 128 Å². The van der Waals surface area contributed by atoms with Gasteiger partial charge < -0.3 is 26.8 Å². The van der Waals surface area contributed by atoms with Crippen LogP contribution in [0.15, 0.2) is 30.5 Å². The van der Waals surface area contributed by atoms with Gasteiger partial charge in [-0.2, -0.15) is 0 Å². The molecule has 0 aromatic carbocycles. The molecule has 0 fully saturated rings. The molecule has 0 spiro atoms. The number of ether oxygens (including phenoxy) is 1. The second kappa shape index (κ2) is 8.95. The lowest BCUT2D eigenvalue weighted by Gasteiger charge is -2.15. The van der Waals surface area contributed by atoms with E-state index in [1.54, 1.807) is 19.4 Å². The van der Waals surface area contributed by atoms with Crippen molar-refractivity contribution in [2.24, 2.45) is 11.5 Å². The Labute approximate surface area is 147 Å². The number of primary amides is 1. The van der Waals surface area contributed by atoms with Gasteiger partial charge in [-0.1, -0.05) is 13.0 Å². The van der Waals surface area contributed by atoms with Crippen molar-refractivity contribution in [2.75, 3.05) is 30.9 Å². The molecule has 0 radical (unpaired) electrons. The lowest BCUT2D eigenvalue weighted by Crippen LogP contribution is -2.33. The van der Waals surface area contributed by atoms with Crippen molar-refractivity contribution >= 4 is 23.1 Å². The number of amides is 1. The maximum atomic E-state index is 11.6. The predicted molar refractivity (Wildman–Crippen MR) is 98.0 cm³/mol.